The van der Waals surface area contributed by atoms with E-state index in [4.69, 9.17) is 5.11 Å². The van der Waals surface area contributed by atoms with E-state index in [9.17, 15) is 4.79 Å². The van der Waals surface area contributed by atoms with Gasteiger partial charge in [-0.3, -0.25) is 0 Å². The molecule has 1 aromatic rings. The predicted octanol–water partition coefficient (Wildman–Crippen LogP) is 2.24. The van der Waals surface area contributed by atoms with Crippen molar-refractivity contribution in [3.05, 3.63) is 47.0 Å². The molecule has 2 rings (SSSR count). The minimum absolute atomic E-state index is 0.356. The second-order valence-electron chi connectivity index (χ2n) is 4.32. The lowest BCUT2D eigenvalue weighted by Crippen LogP contribution is -2.20. The molecule has 3 heteroatoms. The van der Waals surface area contributed by atoms with Crippen LogP contribution in [0.2, 0.25) is 0 Å². The van der Waals surface area contributed by atoms with Gasteiger partial charge in [0.25, 0.3) is 0 Å². The van der Waals surface area contributed by atoms with Gasteiger partial charge in [-0.05, 0) is 43.5 Å². The van der Waals surface area contributed by atoms with Crippen LogP contribution in [-0.2, 0) is 6.42 Å². The van der Waals surface area contributed by atoms with Gasteiger partial charge in [0, 0.05) is 6.54 Å². The van der Waals surface area contributed by atoms with E-state index < -0.39 is 5.97 Å². The van der Waals surface area contributed by atoms with Gasteiger partial charge in [0.05, 0.1) is 5.56 Å². The number of aryl methyl sites for hydroxylation is 1. The van der Waals surface area contributed by atoms with Gasteiger partial charge in [-0.1, -0.05) is 23.8 Å². The van der Waals surface area contributed by atoms with Crippen LogP contribution in [0, 0.1) is 0 Å². The Bertz CT molecular complexity index is 420. The number of hydrogen-bond acceptors (Lipinski definition) is 2. The third kappa shape index (κ3) is 3.43. The van der Waals surface area contributed by atoms with Crippen LogP contribution in [0.1, 0.15) is 28.8 Å². The summed E-state index contributed by atoms with van der Waals surface area (Å²) in [6, 6.07) is 7.17. The van der Waals surface area contributed by atoms with Gasteiger partial charge < -0.3 is 10.4 Å². The van der Waals surface area contributed by atoms with Crippen molar-refractivity contribution in [2.45, 2.75) is 19.3 Å². The summed E-state index contributed by atoms with van der Waals surface area (Å²) in [6.45, 7) is 2.05. The Morgan fingerprint density at radius 3 is 2.59 bits per heavy atom. The Morgan fingerprint density at radius 1 is 1.24 bits per heavy atom. The van der Waals surface area contributed by atoms with Crippen molar-refractivity contribution in [1.82, 2.24) is 5.32 Å². The summed E-state index contributed by atoms with van der Waals surface area (Å²) >= 11 is 0. The third-order valence-electron chi connectivity index (χ3n) is 3.09. The fraction of sp³-hybridized carbons (Fsp3) is 0.357. The molecule has 0 aromatic heterocycles. The Kier molecular flexibility index (Phi) is 3.94. The van der Waals surface area contributed by atoms with E-state index in [0.717, 1.165) is 32.4 Å². The summed E-state index contributed by atoms with van der Waals surface area (Å²) < 4.78 is 0. The average Bonchev–Trinajstić information content (AvgIpc) is 2.38. The number of nitrogens with one attached hydrogen (secondary N) is 1. The fourth-order valence-electron chi connectivity index (χ4n) is 2.02. The predicted molar refractivity (Wildman–Crippen MR) is 67.3 cm³/mol. The largest absolute Gasteiger partial charge is 0.478 e. The molecule has 1 aromatic carbocycles. The second kappa shape index (κ2) is 5.64. The van der Waals surface area contributed by atoms with E-state index in [1.165, 1.54) is 11.1 Å². The molecular weight excluding hydrogens is 214 g/mol. The molecule has 1 aliphatic heterocycles. The van der Waals surface area contributed by atoms with Crippen molar-refractivity contribution in [1.29, 1.82) is 0 Å². The van der Waals surface area contributed by atoms with E-state index in [2.05, 4.69) is 11.4 Å². The first-order valence-corrected chi connectivity index (χ1v) is 5.96. The fourth-order valence-corrected chi connectivity index (χ4v) is 2.02. The number of carboxylic acids is 1. The molecule has 0 amide bonds. The van der Waals surface area contributed by atoms with E-state index >= 15 is 0 Å². The van der Waals surface area contributed by atoms with Crippen molar-refractivity contribution < 1.29 is 9.90 Å². The van der Waals surface area contributed by atoms with Gasteiger partial charge >= 0.3 is 5.97 Å². The standard InChI is InChI=1S/C14H17NO2/c16-14(17)13-5-3-11(4-6-13)1-2-12-7-9-15-10-8-12/h3-7,15H,1-2,8-10H2,(H,16,17). The Balaban J connectivity index is 1.90. The number of hydrogen-bond donors (Lipinski definition) is 2. The minimum Gasteiger partial charge on any atom is -0.478 e. The molecule has 1 aliphatic rings. The Morgan fingerprint density at radius 2 is 2.00 bits per heavy atom. The SMILES string of the molecule is O=C(O)c1ccc(CCC2=CCNCC2)cc1. The van der Waals surface area contributed by atoms with Crippen molar-refractivity contribution >= 4 is 5.97 Å². The molecule has 0 saturated heterocycles. The highest BCUT2D eigenvalue weighted by molar-refractivity contribution is 5.87. The zero-order valence-corrected chi connectivity index (χ0v) is 9.78. The average molecular weight is 231 g/mol. The molecular formula is C14H17NO2. The summed E-state index contributed by atoms with van der Waals surface area (Å²) in [5.41, 5.74) is 3.07. The minimum atomic E-state index is -0.863. The first kappa shape index (κ1) is 11.9. The molecule has 0 atom stereocenters. The normalized spacial score (nSPS) is 15.4. The van der Waals surface area contributed by atoms with Crippen LogP contribution in [0.3, 0.4) is 0 Å². The molecule has 90 valence electrons. The lowest BCUT2D eigenvalue weighted by Gasteiger charge is -2.13. The molecule has 0 bridgehead atoms. The van der Waals surface area contributed by atoms with Crippen LogP contribution in [-0.4, -0.2) is 24.2 Å². The van der Waals surface area contributed by atoms with Crippen molar-refractivity contribution in [3.8, 4) is 0 Å². The highest BCUT2D eigenvalue weighted by Crippen LogP contribution is 2.14. The molecule has 0 spiro atoms. The highest BCUT2D eigenvalue weighted by atomic mass is 16.4. The highest BCUT2D eigenvalue weighted by Gasteiger charge is 2.04. The van der Waals surface area contributed by atoms with Gasteiger partial charge in [0.15, 0.2) is 0 Å². The van der Waals surface area contributed by atoms with E-state index in [1.807, 2.05) is 12.1 Å². The van der Waals surface area contributed by atoms with Gasteiger partial charge in [0.1, 0.15) is 0 Å². The van der Waals surface area contributed by atoms with Crippen LogP contribution < -0.4 is 5.32 Å². The van der Waals surface area contributed by atoms with Gasteiger partial charge in [-0.15, -0.1) is 0 Å². The van der Waals surface area contributed by atoms with Crippen LogP contribution in [0.4, 0.5) is 0 Å². The van der Waals surface area contributed by atoms with Crippen LogP contribution >= 0.6 is 0 Å². The Hall–Kier alpha value is -1.61. The van der Waals surface area contributed by atoms with Crippen molar-refractivity contribution in [3.63, 3.8) is 0 Å². The zero-order chi connectivity index (χ0) is 12.1. The van der Waals surface area contributed by atoms with Crippen LogP contribution in [0.25, 0.3) is 0 Å². The first-order valence-electron chi connectivity index (χ1n) is 5.96. The number of carboxylic acid groups (broad SMARTS) is 1. The summed E-state index contributed by atoms with van der Waals surface area (Å²) in [4.78, 5) is 10.7. The lowest BCUT2D eigenvalue weighted by atomic mass is 10.00. The van der Waals surface area contributed by atoms with E-state index in [-0.39, 0.29) is 0 Å². The van der Waals surface area contributed by atoms with E-state index in [1.54, 1.807) is 12.1 Å². The summed E-state index contributed by atoms with van der Waals surface area (Å²) in [6.07, 6.45) is 5.46. The Labute approximate surface area is 101 Å². The van der Waals surface area contributed by atoms with Gasteiger partial charge in [0.2, 0.25) is 0 Å². The van der Waals surface area contributed by atoms with Crippen molar-refractivity contribution in [2.24, 2.45) is 0 Å². The smallest absolute Gasteiger partial charge is 0.335 e. The molecule has 0 unspecified atom stereocenters. The monoisotopic (exact) mass is 231 g/mol. The van der Waals surface area contributed by atoms with Crippen LogP contribution in [0.15, 0.2) is 35.9 Å². The molecule has 3 nitrogen and oxygen atoms in total. The molecule has 0 saturated carbocycles. The summed E-state index contributed by atoms with van der Waals surface area (Å²) in [5, 5.41) is 12.1. The number of aromatic carboxylic acids is 1. The number of carbonyl (C=O) groups is 1. The molecule has 2 N–H and O–H groups in total. The zero-order valence-electron chi connectivity index (χ0n) is 9.78. The maximum absolute atomic E-state index is 10.7. The number of rotatable bonds is 4. The molecule has 17 heavy (non-hydrogen) atoms. The summed E-state index contributed by atoms with van der Waals surface area (Å²) in [7, 11) is 0. The maximum atomic E-state index is 10.7. The molecule has 0 radical (unpaired) electrons. The van der Waals surface area contributed by atoms with Crippen LogP contribution in [0.5, 0.6) is 0 Å². The summed E-state index contributed by atoms with van der Waals surface area (Å²) in [5.74, 6) is -0.863. The number of benzene rings is 1. The second-order valence-corrected chi connectivity index (χ2v) is 4.32. The third-order valence-corrected chi connectivity index (χ3v) is 3.09. The van der Waals surface area contributed by atoms with E-state index in [0.29, 0.717) is 5.56 Å². The van der Waals surface area contributed by atoms with Crippen molar-refractivity contribution in [2.75, 3.05) is 13.1 Å². The topological polar surface area (TPSA) is 49.3 Å². The van der Waals surface area contributed by atoms with Gasteiger partial charge in [-0.2, -0.15) is 0 Å². The quantitative estimate of drug-likeness (QED) is 0.781. The molecule has 1 heterocycles. The lowest BCUT2D eigenvalue weighted by molar-refractivity contribution is 0.0697. The van der Waals surface area contributed by atoms with Gasteiger partial charge in [-0.25, -0.2) is 4.79 Å². The molecule has 0 fully saturated rings. The first-order chi connectivity index (χ1) is 8.25. The molecule has 0 aliphatic carbocycles. The maximum Gasteiger partial charge on any atom is 0.335 e.